The first-order valence-electron chi connectivity index (χ1n) is 0.612. The van der Waals surface area contributed by atoms with Crippen LogP contribution in [0.3, 0.4) is 0 Å². The van der Waals surface area contributed by atoms with Gasteiger partial charge in [-0.2, -0.15) is 0 Å². The molecule has 0 N–H and O–H groups in total. The molecule has 0 amide bonds. The monoisotopic (exact) mass is 238 g/mol. The third kappa shape index (κ3) is 34.3. The van der Waals surface area contributed by atoms with Gasteiger partial charge in [0.2, 0.25) is 0 Å². The van der Waals surface area contributed by atoms with Crippen LogP contribution in [-0.4, -0.2) is 97.1 Å². The van der Waals surface area contributed by atoms with Crippen molar-refractivity contribution in [2.75, 3.05) is 0 Å². The average Bonchev–Trinajstić information content (AvgIpc) is 0.811. The Morgan fingerprint density at radius 3 is 1.33 bits per heavy atom. The van der Waals surface area contributed by atoms with Crippen LogP contribution in [0.5, 0.6) is 0 Å². The van der Waals surface area contributed by atoms with Crippen molar-refractivity contribution in [2.24, 2.45) is 0 Å². The number of carboxylic acid groups (broad SMARTS) is 2. The van der Waals surface area contributed by atoms with E-state index in [0.29, 0.717) is 0 Å². The van der Waals surface area contributed by atoms with Gasteiger partial charge in [0, 0.05) is 0 Å². The summed E-state index contributed by atoms with van der Waals surface area (Å²) in [7, 11) is 0. The molecule has 0 aliphatic rings. The second kappa shape index (κ2) is 10.3. The molecule has 0 aromatic heterocycles. The number of carbonyl (C=O) groups is 1. The summed E-state index contributed by atoms with van der Waals surface area (Å²) in [6.45, 7) is 0. The summed E-state index contributed by atoms with van der Waals surface area (Å²) in [6.07, 6.45) is -2.33. The zero-order valence-corrected chi connectivity index (χ0v) is 5.91. The molecule has 28 valence electrons. The van der Waals surface area contributed by atoms with E-state index in [0.717, 1.165) is 0 Å². The van der Waals surface area contributed by atoms with E-state index in [9.17, 15) is 0 Å². The third-order valence-electron chi connectivity index (χ3n) is 0. The van der Waals surface area contributed by atoms with Crippen LogP contribution in [0.1, 0.15) is 0 Å². The molecular weight excluding hydrogens is 235 g/mol. The predicted molar refractivity (Wildman–Crippen MR) is 19.7 cm³/mol. The summed E-state index contributed by atoms with van der Waals surface area (Å²) in [5.74, 6) is 0. The van der Waals surface area contributed by atoms with Crippen molar-refractivity contribution in [2.45, 2.75) is 0 Å². The van der Waals surface area contributed by atoms with Gasteiger partial charge in [-0.05, 0) is 6.16 Å². The van der Waals surface area contributed by atoms with E-state index in [4.69, 9.17) is 15.0 Å². The van der Waals surface area contributed by atoms with Gasteiger partial charge in [-0.25, -0.2) is 0 Å². The van der Waals surface area contributed by atoms with Gasteiger partial charge in [0.15, 0.2) is 0 Å². The third-order valence-corrected chi connectivity index (χ3v) is 0. The van der Waals surface area contributed by atoms with Crippen molar-refractivity contribution in [1.29, 1.82) is 0 Å². The molecule has 0 aliphatic carbocycles. The van der Waals surface area contributed by atoms with Crippen molar-refractivity contribution in [1.82, 2.24) is 0 Å². The molecular formula is CH2O3Sr2. The van der Waals surface area contributed by atoms with Gasteiger partial charge in [-0.15, -0.1) is 0 Å². The van der Waals surface area contributed by atoms with E-state index in [2.05, 4.69) is 0 Å². The first-order chi connectivity index (χ1) is 1.73. The molecule has 0 bridgehead atoms. The quantitative estimate of drug-likeness (QED) is 0.407. The Morgan fingerprint density at radius 2 is 1.33 bits per heavy atom. The summed E-state index contributed by atoms with van der Waals surface area (Å²) in [5, 5.41) is 16.7. The first kappa shape index (κ1) is 15.7. The number of carbonyl (C=O) groups excluding carboxylic acids is 1. The van der Waals surface area contributed by atoms with Gasteiger partial charge in [-0.3, -0.25) is 0 Å². The van der Waals surface area contributed by atoms with Crippen LogP contribution in [0.25, 0.3) is 0 Å². The van der Waals surface area contributed by atoms with Crippen LogP contribution in [0.4, 0.5) is 4.79 Å². The van der Waals surface area contributed by atoms with Crippen LogP contribution in [-0.2, 0) is 0 Å². The normalized spacial score (nSPS) is 4.00. The minimum atomic E-state index is -2.33. The van der Waals surface area contributed by atoms with E-state index in [1.807, 2.05) is 0 Å². The van der Waals surface area contributed by atoms with Crippen LogP contribution in [0, 0.1) is 0 Å². The van der Waals surface area contributed by atoms with E-state index in [-0.39, 0.29) is 91.0 Å². The molecule has 0 saturated carbocycles. The van der Waals surface area contributed by atoms with Crippen LogP contribution >= 0.6 is 0 Å². The molecule has 0 fully saturated rings. The first-order valence-corrected chi connectivity index (χ1v) is 0.612. The number of hydrogen-bond donors (Lipinski definition) is 0. The van der Waals surface area contributed by atoms with Crippen molar-refractivity contribution in [3.8, 4) is 0 Å². The maximum atomic E-state index is 8.33. The Hall–Kier alpha value is 2.23. The van der Waals surface area contributed by atoms with E-state index < -0.39 is 6.16 Å². The second-order valence-electron chi connectivity index (χ2n) is 0.250. The van der Waals surface area contributed by atoms with Gasteiger partial charge >= 0.3 is 91.0 Å². The summed E-state index contributed by atoms with van der Waals surface area (Å²) in [6, 6.07) is 0. The summed E-state index contributed by atoms with van der Waals surface area (Å²) in [4.78, 5) is 8.33. The fraction of sp³-hybridized carbons (Fsp3) is 0. The molecule has 6 heavy (non-hydrogen) atoms. The van der Waals surface area contributed by atoms with E-state index in [1.165, 1.54) is 0 Å². The average molecular weight is 237 g/mol. The van der Waals surface area contributed by atoms with E-state index in [1.54, 1.807) is 0 Å². The molecule has 0 rings (SSSR count). The van der Waals surface area contributed by atoms with Crippen molar-refractivity contribution in [3.63, 3.8) is 0 Å². The summed E-state index contributed by atoms with van der Waals surface area (Å²) in [5.41, 5.74) is 0. The summed E-state index contributed by atoms with van der Waals surface area (Å²) < 4.78 is 0. The van der Waals surface area contributed by atoms with Crippen molar-refractivity contribution < 1.29 is 15.0 Å². The molecule has 0 spiro atoms. The Bertz CT molecular complexity index is 31.8. The van der Waals surface area contributed by atoms with Gasteiger partial charge in [0.05, 0.1) is 0 Å². The SMILES string of the molecule is O=C([O-])[O-].[Sr+2].[SrH2]. The zero-order chi connectivity index (χ0) is 3.58. The van der Waals surface area contributed by atoms with Crippen LogP contribution < -0.4 is 10.2 Å². The van der Waals surface area contributed by atoms with Crippen molar-refractivity contribution in [3.05, 3.63) is 0 Å². The second-order valence-corrected chi connectivity index (χ2v) is 0.250. The summed E-state index contributed by atoms with van der Waals surface area (Å²) >= 11 is 0. The van der Waals surface area contributed by atoms with Gasteiger partial charge in [0.25, 0.3) is 0 Å². The van der Waals surface area contributed by atoms with Gasteiger partial charge in [-0.1, -0.05) is 0 Å². The standard InChI is InChI=1S/CH2O3.2Sr.2H/c2-1(3)4;;;;/h(H2,2,3,4);;;;/q;;+2;;/p-2. The molecule has 0 atom stereocenters. The van der Waals surface area contributed by atoms with Gasteiger partial charge in [0.1, 0.15) is 0 Å². The van der Waals surface area contributed by atoms with Crippen LogP contribution in [0.2, 0.25) is 0 Å². The Balaban J connectivity index is -0.0000000450. The van der Waals surface area contributed by atoms with E-state index >= 15 is 0 Å². The molecule has 0 radical (unpaired) electrons. The predicted octanol–water partition coefficient (Wildman–Crippen LogP) is -3.74. The molecule has 0 aliphatic heterocycles. The number of hydrogen-bond acceptors (Lipinski definition) is 3. The minimum absolute atomic E-state index is 0. The maximum absolute atomic E-state index is 8.33. The number of rotatable bonds is 0. The fourth-order valence-electron chi connectivity index (χ4n) is 0. The topological polar surface area (TPSA) is 63.2 Å². The molecule has 3 nitrogen and oxygen atoms in total. The molecule has 0 saturated heterocycles. The molecule has 5 heteroatoms. The molecule has 0 heterocycles. The molecule has 0 aromatic carbocycles. The Morgan fingerprint density at radius 1 is 1.33 bits per heavy atom. The van der Waals surface area contributed by atoms with Crippen LogP contribution in [0.15, 0.2) is 0 Å². The van der Waals surface area contributed by atoms with Crippen molar-refractivity contribution >= 4 is 97.1 Å². The Labute approximate surface area is 109 Å². The Kier molecular flexibility index (Phi) is 26.9. The molecule has 0 aromatic rings. The fourth-order valence-corrected chi connectivity index (χ4v) is 0. The van der Waals surface area contributed by atoms with Gasteiger partial charge < -0.3 is 15.0 Å². The zero-order valence-electron chi connectivity index (χ0n) is 2.43. The molecule has 0 unspecified atom stereocenters.